The van der Waals surface area contributed by atoms with Gasteiger partial charge in [-0.2, -0.15) is 0 Å². The van der Waals surface area contributed by atoms with Crippen molar-refractivity contribution in [2.75, 3.05) is 27.7 Å². The predicted octanol–water partition coefficient (Wildman–Crippen LogP) is 2.38. The minimum absolute atomic E-state index is 0. The van der Waals surface area contributed by atoms with Gasteiger partial charge in [0.25, 0.3) is 0 Å². The first kappa shape index (κ1) is 18.0. The van der Waals surface area contributed by atoms with E-state index in [1.54, 1.807) is 13.3 Å². The molecule has 21 heavy (non-hydrogen) atoms. The zero-order valence-electron chi connectivity index (χ0n) is 12.9. The van der Waals surface area contributed by atoms with Crippen molar-refractivity contribution in [2.45, 2.75) is 24.9 Å². The molecule has 0 bridgehead atoms. The number of halogens is 1. The molecule has 0 fully saturated rings. The number of nitrogens with one attached hydrogen (secondary N) is 2. The summed E-state index contributed by atoms with van der Waals surface area (Å²) in [7, 11) is 5.90. The third kappa shape index (κ3) is 5.35. The number of hydrogen-bond acceptors (Lipinski definition) is 3. The zero-order chi connectivity index (χ0) is 14.4. The van der Waals surface area contributed by atoms with Crippen LogP contribution in [-0.2, 0) is 0 Å². The Bertz CT molecular complexity index is 448. The van der Waals surface area contributed by atoms with E-state index in [1.807, 2.05) is 26.2 Å². The second kappa shape index (κ2) is 9.09. The number of nitrogens with zero attached hydrogens (tertiary/aromatic N) is 2. The lowest BCUT2D eigenvalue weighted by Gasteiger charge is -2.24. The average Bonchev–Trinajstić information content (AvgIpc) is 3.10. The van der Waals surface area contributed by atoms with Crippen LogP contribution in [0.4, 0.5) is 0 Å². The van der Waals surface area contributed by atoms with Crippen LogP contribution in [0, 0.1) is 0 Å². The van der Waals surface area contributed by atoms with Crippen LogP contribution in [-0.4, -0.2) is 44.6 Å². The summed E-state index contributed by atoms with van der Waals surface area (Å²) in [6.07, 6.45) is 8.25. The Labute approximate surface area is 143 Å². The average molecular weight is 404 g/mol. The first-order valence-corrected chi connectivity index (χ1v) is 7.02. The smallest absolute Gasteiger partial charge is 0.191 e. The van der Waals surface area contributed by atoms with E-state index in [4.69, 9.17) is 4.42 Å². The largest absolute Gasteiger partial charge is 0.468 e. The van der Waals surface area contributed by atoms with E-state index >= 15 is 0 Å². The van der Waals surface area contributed by atoms with Crippen LogP contribution in [0.5, 0.6) is 0 Å². The molecule has 1 aliphatic carbocycles. The minimum atomic E-state index is 0. The van der Waals surface area contributed by atoms with E-state index in [9.17, 15) is 0 Å². The molecule has 0 amide bonds. The van der Waals surface area contributed by atoms with Crippen LogP contribution in [0.3, 0.4) is 0 Å². The van der Waals surface area contributed by atoms with Crippen LogP contribution in [0.25, 0.3) is 0 Å². The molecule has 5 nitrogen and oxygen atoms in total. The monoisotopic (exact) mass is 404 g/mol. The molecule has 6 heteroatoms. The molecule has 2 rings (SSSR count). The van der Waals surface area contributed by atoms with Crippen LogP contribution < -0.4 is 10.6 Å². The Balaban J connectivity index is 0.00000220. The molecule has 118 valence electrons. The normalized spacial score (nSPS) is 16.9. The molecule has 2 N–H and O–H groups in total. The van der Waals surface area contributed by atoms with Crippen LogP contribution >= 0.6 is 24.0 Å². The highest BCUT2D eigenvalue weighted by atomic mass is 127. The van der Waals surface area contributed by atoms with Gasteiger partial charge in [0, 0.05) is 19.6 Å². The van der Waals surface area contributed by atoms with Crippen molar-refractivity contribution >= 4 is 29.9 Å². The number of guanidine groups is 1. The van der Waals surface area contributed by atoms with Crippen LogP contribution in [0.15, 0.2) is 40.0 Å². The van der Waals surface area contributed by atoms with Gasteiger partial charge in [0.15, 0.2) is 5.96 Å². The van der Waals surface area contributed by atoms with E-state index < -0.39 is 0 Å². The van der Waals surface area contributed by atoms with Crippen molar-refractivity contribution in [3.63, 3.8) is 0 Å². The third-order valence-electron chi connectivity index (χ3n) is 3.53. The van der Waals surface area contributed by atoms with Gasteiger partial charge in [-0.1, -0.05) is 12.2 Å². The Morgan fingerprint density at radius 3 is 2.67 bits per heavy atom. The number of aliphatic imine (C=N–C) groups is 1. The molecule has 1 unspecified atom stereocenters. The Kier molecular flexibility index (Phi) is 7.81. The highest BCUT2D eigenvalue weighted by molar-refractivity contribution is 14.0. The molecular formula is C15H25IN4O. The number of likely N-dealkylation sites (N-methyl/N-ethyl adjacent to an activating group) is 1. The van der Waals surface area contributed by atoms with Gasteiger partial charge in [-0.05, 0) is 39.1 Å². The highest BCUT2D eigenvalue weighted by Crippen LogP contribution is 2.17. The first-order chi connectivity index (χ1) is 9.70. The summed E-state index contributed by atoms with van der Waals surface area (Å²) in [6.45, 7) is 0.750. The second-order valence-corrected chi connectivity index (χ2v) is 5.23. The Morgan fingerprint density at radius 2 is 2.14 bits per heavy atom. The fourth-order valence-corrected chi connectivity index (χ4v) is 2.33. The Morgan fingerprint density at radius 1 is 1.43 bits per heavy atom. The fourth-order valence-electron chi connectivity index (χ4n) is 2.33. The van der Waals surface area contributed by atoms with Gasteiger partial charge in [-0.15, -0.1) is 24.0 Å². The molecule has 0 spiro atoms. The van der Waals surface area contributed by atoms with Crippen molar-refractivity contribution in [3.05, 3.63) is 36.3 Å². The molecule has 0 aliphatic heterocycles. The van der Waals surface area contributed by atoms with Crippen molar-refractivity contribution in [1.29, 1.82) is 0 Å². The van der Waals surface area contributed by atoms with Crippen molar-refractivity contribution in [3.8, 4) is 0 Å². The summed E-state index contributed by atoms with van der Waals surface area (Å²) >= 11 is 0. The maximum absolute atomic E-state index is 5.50. The second-order valence-electron chi connectivity index (χ2n) is 5.23. The van der Waals surface area contributed by atoms with Crippen LogP contribution in [0.1, 0.15) is 24.6 Å². The summed E-state index contributed by atoms with van der Waals surface area (Å²) in [4.78, 5) is 6.42. The number of furan rings is 1. The van der Waals surface area contributed by atoms with Gasteiger partial charge in [0.05, 0.1) is 12.3 Å². The maximum atomic E-state index is 5.50. The van der Waals surface area contributed by atoms with E-state index in [2.05, 4.69) is 32.7 Å². The molecule has 1 aromatic rings. The molecular weight excluding hydrogens is 379 g/mol. The van der Waals surface area contributed by atoms with Gasteiger partial charge in [0.2, 0.25) is 0 Å². The van der Waals surface area contributed by atoms with Crippen molar-refractivity contribution in [1.82, 2.24) is 15.5 Å². The molecule has 1 atom stereocenters. The number of hydrogen-bond donors (Lipinski definition) is 2. The molecule has 0 saturated heterocycles. The molecule has 0 aromatic carbocycles. The predicted molar refractivity (Wildman–Crippen MR) is 97.2 cm³/mol. The number of rotatable bonds is 5. The molecule has 1 heterocycles. The molecule has 0 radical (unpaired) electrons. The molecule has 1 aliphatic rings. The van der Waals surface area contributed by atoms with E-state index in [-0.39, 0.29) is 30.0 Å². The minimum Gasteiger partial charge on any atom is -0.468 e. The lowest BCUT2D eigenvalue weighted by molar-refractivity contribution is 0.258. The van der Waals surface area contributed by atoms with Crippen molar-refractivity contribution < 1.29 is 4.42 Å². The SMILES string of the molecule is CN=C(NCC(c1ccco1)N(C)C)NC1CC=CC1.I. The highest BCUT2D eigenvalue weighted by Gasteiger charge is 2.18. The van der Waals surface area contributed by atoms with Gasteiger partial charge < -0.3 is 15.1 Å². The maximum Gasteiger partial charge on any atom is 0.191 e. The molecule has 1 aromatic heterocycles. The van der Waals surface area contributed by atoms with E-state index in [1.165, 1.54) is 0 Å². The quantitative estimate of drug-likeness (QED) is 0.343. The van der Waals surface area contributed by atoms with Gasteiger partial charge in [0.1, 0.15) is 5.76 Å². The van der Waals surface area contributed by atoms with Gasteiger partial charge in [-0.3, -0.25) is 9.89 Å². The third-order valence-corrected chi connectivity index (χ3v) is 3.53. The Hall–Kier alpha value is -1.02. The summed E-state index contributed by atoms with van der Waals surface area (Å²) in [5.74, 6) is 1.80. The van der Waals surface area contributed by atoms with Gasteiger partial charge >= 0.3 is 0 Å². The fraction of sp³-hybridized carbons (Fsp3) is 0.533. The lowest BCUT2D eigenvalue weighted by Crippen LogP contribution is -2.45. The zero-order valence-corrected chi connectivity index (χ0v) is 15.2. The summed E-state index contributed by atoms with van der Waals surface area (Å²) in [5.41, 5.74) is 0. The standard InChI is InChI=1S/C15H24N4O.HI/c1-16-15(18-12-7-4-5-8-12)17-11-13(19(2)3)14-9-6-10-20-14;/h4-6,9-10,12-13H,7-8,11H2,1-3H3,(H2,16,17,18);1H. The van der Waals surface area contributed by atoms with Gasteiger partial charge in [-0.25, -0.2) is 0 Å². The topological polar surface area (TPSA) is 52.8 Å². The van der Waals surface area contributed by atoms with E-state index in [0.717, 1.165) is 31.1 Å². The molecule has 0 saturated carbocycles. The summed E-state index contributed by atoms with van der Waals surface area (Å²) in [5, 5.41) is 6.81. The van der Waals surface area contributed by atoms with Crippen molar-refractivity contribution in [2.24, 2.45) is 4.99 Å². The van der Waals surface area contributed by atoms with E-state index in [0.29, 0.717) is 6.04 Å². The summed E-state index contributed by atoms with van der Waals surface area (Å²) in [6, 6.07) is 4.57. The first-order valence-electron chi connectivity index (χ1n) is 7.02. The lowest BCUT2D eigenvalue weighted by atomic mass is 10.2. The summed E-state index contributed by atoms with van der Waals surface area (Å²) < 4.78 is 5.50. The van der Waals surface area contributed by atoms with Crippen LogP contribution in [0.2, 0.25) is 0 Å².